The zero-order chi connectivity index (χ0) is 15.6. The van der Waals surface area contributed by atoms with Crippen molar-refractivity contribution in [3.8, 4) is 5.75 Å². The van der Waals surface area contributed by atoms with Gasteiger partial charge in [0, 0.05) is 12.2 Å². The lowest BCUT2D eigenvalue weighted by Crippen LogP contribution is -2.08. The van der Waals surface area contributed by atoms with E-state index < -0.39 is 0 Å². The highest BCUT2D eigenvalue weighted by atomic mass is 35.5. The number of rotatable bonds is 5. The highest BCUT2D eigenvalue weighted by Gasteiger charge is 2.15. The normalized spacial score (nSPS) is 10.7. The number of anilines is 1. The van der Waals surface area contributed by atoms with Crippen LogP contribution in [0, 0.1) is 6.92 Å². The summed E-state index contributed by atoms with van der Waals surface area (Å²) in [5, 5.41) is 4.92. The Kier molecular flexibility index (Phi) is 4.53. The third-order valence-corrected chi connectivity index (χ3v) is 3.69. The van der Waals surface area contributed by atoms with Gasteiger partial charge in [-0.05, 0) is 39.0 Å². The summed E-state index contributed by atoms with van der Waals surface area (Å²) >= 11 is 6.24. The van der Waals surface area contributed by atoms with Gasteiger partial charge in [0.25, 0.3) is 0 Å². The van der Waals surface area contributed by atoms with Crippen LogP contribution in [-0.4, -0.2) is 15.6 Å². The molecule has 0 amide bonds. The molecule has 21 heavy (non-hydrogen) atoms. The number of carbonyl (C=O) groups is 1. The number of benzene rings is 1. The van der Waals surface area contributed by atoms with Gasteiger partial charge in [-0.25, -0.2) is 0 Å². The van der Waals surface area contributed by atoms with E-state index in [9.17, 15) is 4.79 Å². The highest BCUT2D eigenvalue weighted by molar-refractivity contribution is 6.31. The van der Waals surface area contributed by atoms with Crippen molar-refractivity contribution in [2.75, 3.05) is 5.73 Å². The molecular weight excluding hydrogens is 290 g/mol. The molecule has 112 valence electrons. The zero-order valence-corrected chi connectivity index (χ0v) is 13.1. The van der Waals surface area contributed by atoms with Crippen molar-refractivity contribution in [1.82, 2.24) is 9.78 Å². The number of carbonyl (C=O) groups excluding carboxylic acids is 1. The van der Waals surface area contributed by atoms with Crippen molar-refractivity contribution in [3.05, 3.63) is 40.2 Å². The fourth-order valence-electron chi connectivity index (χ4n) is 2.10. The molecular formula is C15H18ClN3O2. The summed E-state index contributed by atoms with van der Waals surface area (Å²) in [6.07, 6.45) is 0. The second-order valence-corrected chi connectivity index (χ2v) is 5.14. The number of aromatic nitrogens is 2. The smallest absolute Gasteiger partial charge is 0.163 e. The van der Waals surface area contributed by atoms with Gasteiger partial charge in [0.15, 0.2) is 5.78 Å². The first-order chi connectivity index (χ1) is 9.93. The van der Waals surface area contributed by atoms with Crippen LogP contribution in [0.15, 0.2) is 18.2 Å². The summed E-state index contributed by atoms with van der Waals surface area (Å²) in [5.41, 5.74) is 8.25. The summed E-state index contributed by atoms with van der Waals surface area (Å²) in [4.78, 5) is 11.6. The lowest BCUT2D eigenvalue weighted by Gasteiger charge is -2.11. The Morgan fingerprint density at radius 3 is 2.81 bits per heavy atom. The van der Waals surface area contributed by atoms with Crippen LogP contribution in [0.3, 0.4) is 0 Å². The molecule has 0 unspecified atom stereocenters. The van der Waals surface area contributed by atoms with Gasteiger partial charge in [0.2, 0.25) is 0 Å². The van der Waals surface area contributed by atoms with E-state index in [-0.39, 0.29) is 12.4 Å². The molecule has 0 radical (unpaired) electrons. The van der Waals surface area contributed by atoms with Gasteiger partial charge in [-0.1, -0.05) is 11.6 Å². The monoisotopic (exact) mass is 307 g/mol. The molecule has 0 bridgehead atoms. The topological polar surface area (TPSA) is 70.1 Å². The molecule has 1 aromatic carbocycles. The van der Waals surface area contributed by atoms with E-state index in [1.807, 2.05) is 13.8 Å². The van der Waals surface area contributed by atoms with Crippen LogP contribution in [0.25, 0.3) is 0 Å². The first-order valence-electron chi connectivity index (χ1n) is 6.69. The number of nitrogen functional groups attached to an aromatic ring is 1. The SMILES string of the molecule is CCn1nc(C)c(Cl)c1COc1ccc(N)cc1C(C)=O. The lowest BCUT2D eigenvalue weighted by atomic mass is 10.1. The van der Waals surface area contributed by atoms with Crippen LogP contribution >= 0.6 is 11.6 Å². The van der Waals surface area contributed by atoms with E-state index in [4.69, 9.17) is 22.1 Å². The number of nitrogens with two attached hydrogens (primary N) is 1. The summed E-state index contributed by atoms with van der Waals surface area (Å²) < 4.78 is 7.55. The van der Waals surface area contributed by atoms with Gasteiger partial charge in [0.05, 0.1) is 22.0 Å². The minimum Gasteiger partial charge on any atom is -0.486 e. The number of nitrogens with zero attached hydrogens (tertiary/aromatic N) is 2. The molecule has 2 N–H and O–H groups in total. The zero-order valence-electron chi connectivity index (χ0n) is 12.3. The largest absolute Gasteiger partial charge is 0.486 e. The average Bonchev–Trinajstić information content (AvgIpc) is 2.72. The fourth-order valence-corrected chi connectivity index (χ4v) is 2.29. The Hall–Kier alpha value is -2.01. The molecule has 1 aromatic heterocycles. The number of aryl methyl sites for hydroxylation is 2. The van der Waals surface area contributed by atoms with Crippen LogP contribution < -0.4 is 10.5 Å². The predicted molar refractivity (Wildman–Crippen MR) is 82.8 cm³/mol. The summed E-state index contributed by atoms with van der Waals surface area (Å²) in [6, 6.07) is 5.01. The summed E-state index contributed by atoms with van der Waals surface area (Å²) in [5.74, 6) is 0.401. The van der Waals surface area contributed by atoms with E-state index in [2.05, 4.69) is 5.10 Å². The first kappa shape index (κ1) is 15.4. The van der Waals surface area contributed by atoms with Crippen LogP contribution in [0.5, 0.6) is 5.75 Å². The number of hydrogen-bond donors (Lipinski definition) is 1. The molecule has 0 saturated heterocycles. The Balaban J connectivity index is 2.27. The molecule has 0 aliphatic carbocycles. The number of ketones is 1. The van der Waals surface area contributed by atoms with Crippen LogP contribution in [0.1, 0.15) is 35.6 Å². The van der Waals surface area contributed by atoms with E-state index in [0.717, 1.165) is 11.4 Å². The number of halogens is 1. The first-order valence-corrected chi connectivity index (χ1v) is 7.06. The molecule has 0 atom stereocenters. The number of ether oxygens (including phenoxy) is 1. The average molecular weight is 308 g/mol. The lowest BCUT2D eigenvalue weighted by molar-refractivity contribution is 0.101. The van der Waals surface area contributed by atoms with E-state index in [1.165, 1.54) is 6.92 Å². The number of Topliss-reactive ketones (excluding diaryl/α,β-unsaturated/α-hetero) is 1. The number of hydrogen-bond acceptors (Lipinski definition) is 4. The van der Waals surface area contributed by atoms with Crippen molar-refractivity contribution >= 4 is 23.1 Å². The van der Waals surface area contributed by atoms with Crippen LogP contribution in [-0.2, 0) is 13.2 Å². The molecule has 1 heterocycles. The molecule has 0 fully saturated rings. The van der Waals surface area contributed by atoms with Gasteiger partial charge in [-0.3, -0.25) is 9.48 Å². The molecule has 0 spiro atoms. The minimum absolute atomic E-state index is 0.0939. The van der Waals surface area contributed by atoms with E-state index in [1.54, 1.807) is 22.9 Å². The summed E-state index contributed by atoms with van der Waals surface area (Å²) in [6.45, 7) is 6.26. The molecule has 0 aliphatic rings. The summed E-state index contributed by atoms with van der Waals surface area (Å²) in [7, 11) is 0. The second-order valence-electron chi connectivity index (χ2n) is 4.76. The molecule has 6 heteroatoms. The molecule has 0 saturated carbocycles. The Bertz CT molecular complexity index is 680. The van der Waals surface area contributed by atoms with Crippen molar-refractivity contribution in [3.63, 3.8) is 0 Å². The molecule has 5 nitrogen and oxygen atoms in total. The van der Waals surface area contributed by atoms with Crippen LogP contribution in [0.2, 0.25) is 5.02 Å². The van der Waals surface area contributed by atoms with Crippen molar-refractivity contribution in [1.29, 1.82) is 0 Å². The second kappa shape index (κ2) is 6.18. The Labute approximate surface area is 128 Å². The van der Waals surface area contributed by atoms with Crippen LogP contribution in [0.4, 0.5) is 5.69 Å². The van der Waals surface area contributed by atoms with Gasteiger partial charge in [-0.15, -0.1) is 0 Å². The third kappa shape index (κ3) is 3.19. The fraction of sp³-hybridized carbons (Fsp3) is 0.333. The van der Waals surface area contributed by atoms with Crippen molar-refractivity contribution in [2.24, 2.45) is 0 Å². The maximum absolute atomic E-state index is 11.6. The maximum atomic E-state index is 11.6. The Morgan fingerprint density at radius 1 is 1.48 bits per heavy atom. The van der Waals surface area contributed by atoms with E-state index >= 15 is 0 Å². The van der Waals surface area contributed by atoms with Crippen molar-refractivity contribution < 1.29 is 9.53 Å². The van der Waals surface area contributed by atoms with Gasteiger partial charge in [-0.2, -0.15) is 5.10 Å². The molecule has 0 aliphatic heterocycles. The highest BCUT2D eigenvalue weighted by Crippen LogP contribution is 2.26. The predicted octanol–water partition coefficient (Wildman–Crippen LogP) is 3.23. The third-order valence-electron chi connectivity index (χ3n) is 3.20. The van der Waals surface area contributed by atoms with Crippen molar-refractivity contribution in [2.45, 2.75) is 33.9 Å². The minimum atomic E-state index is -0.0939. The standard InChI is InChI=1S/C15H18ClN3O2/c1-4-19-13(15(16)9(2)18-19)8-21-14-6-5-11(17)7-12(14)10(3)20/h5-7H,4,8,17H2,1-3H3. The van der Waals surface area contributed by atoms with Gasteiger partial charge < -0.3 is 10.5 Å². The molecule has 2 aromatic rings. The van der Waals surface area contributed by atoms with Gasteiger partial charge >= 0.3 is 0 Å². The Morgan fingerprint density at radius 2 is 2.19 bits per heavy atom. The van der Waals surface area contributed by atoms with Gasteiger partial charge in [0.1, 0.15) is 12.4 Å². The molecule has 2 rings (SSSR count). The quantitative estimate of drug-likeness (QED) is 0.680. The van der Waals surface area contributed by atoms with E-state index in [0.29, 0.717) is 28.6 Å². The maximum Gasteiger partial charge on any atom is 0.163 e.